The van der Waals surface area contributed by atoms with Crippen molar-refractivity contribution in [1.29, 1.82) is 0 Å². The molecule has 0 unspecified atom stereocenters. The molecule has 12 nitrogen and oxygen atoms in total. The molecule has 5 aromatic carbocycles. The summed E-state index contributed by atoms with van der Waals surface area (Å²) in [4.78, 5) is 78.5. The van der Waals surface area contributed by atoms with Gasteiger partial charge in [-0.05, 0) is 60.2 Å². The van der Waals surface area contributed by atoms with Crippen molar-refractivity contribution in [2.45, 2.75) is 0 Å². The van der Waals surface area contributed by atoms with E-state index in [0.717, 1.165) is 0 Å². The first kappa shape index (κ1) is 36.5. The quantitative estimate of drug-likeness (QED) is 0.0469. The van der Waals surface area contributed by atoms with Gasteiger partial charge in [-0.2, -0.15) is 0 Å². The second-order valence-corrected chi connectivity index (χ2v) is 12.2. The van der Waals surface area contributed by atoms with Crippen LogP contribution in [-0.2, 0) is 28.5 Å². The Bertz CT molecular complexity index is 2350. The number of ether oxygens (including phenoxy) is 4. The summed E-state index contributed by atoms with van der Waals surface area (Å²) in [6, 6.07) is 34.5. The van der Waals surface area contributed by atoms with Crippen LogP contribution in [0.4, 0.5) is 11.4 Å². The fourth-order valence-corrected chi connectivity index (χ4v) is 5.89. The maximum absolute atomic E-state index is 13.9. The molecule has 0 bridgehead atoms. The summed E-state index contributed by atoms with van der Waals surface area (Å²) in [5.74, 6) is -3.78. The van der Waals surface area contributed by atoms with Crippen molar-refractivity contribution >= 4 is 64.7 Å². The SMILES string of the molecule is O=C(Nc1ccccc1C(=O)OCC=C1OC(=O)c2ccccc21)C(=Cc1ccccc1)C(=O)Nc1ccccc1C(=O)OCC=C1OC(=O)c2ccccc21. The summed E-state index contributed by atoms with van der Waals surface area (Å²) in [6.07, 6.45) is 4.29. The number of hydrogen-bond acceptors (Lipinski definition) is 10. The molecule has 5 aromatic rings. The summed E-state index contributed by atoms with van der Waals surface area (Å²) >= 11 is 0. The van der Waals surface area contributed by atoms with Gasteiger partial charge >= 0.3 is 23.9 Å². The Labute approximate surface area is 319 Å². The van der Waals surface area contributed by atoms with Gasteiger partial charge in [-0.25, -0.2) is 19.2 Å². The van der Waals surface area contributed by atoms with Crippen LogP contribution in [0.15, 0.2) is 145 Å². The number of fused-ring (bicyclic) bond motifs is 2. The molecule has 0 aliphatic carbocycles. The first-order valence-corrected chi connectivity index (χ1v) is 17.2. The van der Waals surface area contributed by atoms with Gasteiger partial charge in [-0.3, -0.25) is 9.59 Å². The van der Waals surface area contributed by atoms with Crippen molar-refractivity contribution in [3.05, 3.63) is 184 Å². The second-order valence-electron chi connectivity index (χ2n) is 12.2. The predicted molar refractivity (Wildman–Crippen MR) is 205 cm³/mol. The highest BCUT2D eigenvalue weighted by Crippen LogP contribution is 2.30. The molecule has 0 saturated carbocycles. The third-order valence-corrected chi connectivity index (χ3v) is 8.59. The minimum Gasteiger partial charge on any atom is -0.458 e. The Balaban J connectivity index is 1.06. The smallest absolute Gasteiger partial charge is 0.344 e. The maximum Gasteiger partial charge on any atom is 0.344 e. The van der Waals surface area contributed by atoms with Crippen molar-refractivity contribution in [3.63, 3.8) is 0 Å². The minimum atomic E-state index is -0.860. The van der Waals surface area contributed by atoms with Gasteiger partial charge in [0.25, 0.3) is 11.8 Å². The zero-order valence-electron chi connectivity index (χ0n) is 29.4. The van der Waals surface area contributed by atoms with Crippen molar-refractivity contribution in [2.75, 3.05) is 23.8 Å². The van der Waals surface area contributed by atoms with Crippen molar-refractivity contribution in [2.24, 2.45) is 0 Å². The number of esters is 4. The number of rotatable bonds is 11. The second kappa shape index (κ2) is 16.4. The third kappa shape index (κ3) is 8.04. The Kier molecular flexibility index (Phi) is 10.7. The Morgan fingerprint density at radius 3 is 1.36 bits per heavy atom. The zero-order valence-corrected chi connectivity index (χ0v) is 29.4. The van der Waals surface area contributed by atoms with Gasteiger partial charge in [-0.1, -0.05) is 91.0 Å². The van der Waals surface area contributed by atoms with Crippen LogP contribution >= 0.6 is 0 Å². The third-order valence-electron chi connectivity index (χ3n) is 8.59. The van der Waals surface area contributed by atoms with E-state index in [1.807, 2.05) is 0 Å². The Morgan fingerprint density at radius 1 is 0.500 bits per heavy atom. The van der Waals surface area contributed by atoms with Crippen LogP contribution in [0.1, 0.15) is 58.1 Å². The van der Waals surface area contributed by atoms with E-state index in [9.17, 15) is 28.8 Å². The Hall–Kier alpha value is -7.86. The molecule has 56 heavy (non-hydrogen) atoms. The molecule has 2 aliphatic rings. The van der Waals surface area contributed by atoms with E-state index in [1.165, 1.54) is 42.5 Å². The van der Waals surface area contributed by atoms with Crippen molar-refractivity contribution in [1.82, 2.24) is 0 Å². The van der Waals surface area contributed by atoms with Crippen LogP contribution in [-0.4, -0.2) is 48.9 Å². The van der Waals surface area contributed by atoms with Gasteiger partial charge in [-0.15, -0.1) is 0 Å². The maximum atomic E-state index is 13.9. The first-order chi connectivity index (χ1) is 27.3. The van der Waals surface area contributed by atoms with Crippen molar-refractivity contribution < 1.29 is 47.7 Å². The minimum absolute atomic E-state index is 0.00135. The molecule has 7 rings (SSSR count). The van der Waals surface area contributed by atoms with Gasteiger partial charge in [0, 0.05) is 11.1 Å². The summed E-state index contributed by atoms with van der Waals surface area (Å²) in [5.41, 5.74) is 2.27. The van der Waals surface area contributed by atoms with Crippen LogP contribution in [0.25, 0.3) is 17.6 Å². The average Bonchev–Trinajstić information content (AvgIpc) is 3.72. The molecule has 0 radical (unpaired) electrons. The molecule has 0 aromatic heterocycles. The van der Waals surface area contributed by atoms with E-state index in [2.05, 4.69) is 10.6 Å². The molecule has 12 heteroatoms. The molecule has 0 fully saturated rings. The first-order valence-electron chi connectivity index (χ1n) is 17.2. The van der Waals surface area contributed by atoms with Gasteiger partial charge in [0.05, 0.1) is 33.6 Å². The van der Waals surface area contributed by atoms with Crippen molar-refractivity contribution in [3.8, 4) is 0 Å². The summed E-state index contributed by atoms with van der Waals surface area (Å²) in [5, 5.41) is 5.29. The molecule has 2 N–H and O–H groups in total. The normalized spacial score (nSPS) is 13.9. The highest BCUT2D eigenvalue weighted by molar-refractivity contribution is 6.29. The largest absolute Gasteiger partial charge is 0.458 e. The molecule has 0 saturated heterocycles. The van der Waals surface area contributed by atoms with E-state index in [0.29, 0.717) is 27.8 Å². The molecular weight excluding hydrogens is 716 g/mol. The molecular formula is C44H30N2O10. The van der Waals surface area contributed by atoms with Gasteiger partial charge in [0.15, 0.2) is 0 Å². The fraction of sp³-hybridized carbons (Fsp3) is 0.0455. The summed E-state index contributed by atoms with van der Waals surface area (Å²) in [7, 11) is 0. The molecule has 2 amide bonds. The summed E-state index contributed by atoms with van der Waals surface area (Å²) < 4.78 is 21.5. The van der Waals surface area contributed by atoms with Gasteiger partial charge in [0.1, 0.15) is 30.3 Å². The number of hydrogen-bond donors (Lipinski definition) is 2. The number of benzene rings is 5. The molecule has 0 atom stereocenters. The number of para-hydroxylation sites is 2. The van der Waals surface area contributed by atoms with Crippen LogP contribution in [0.3, 0.4) is 0 Å². The number of carbonyl (C=O) groups is 6. The number of carbonyl (C=O) groups excluding carboxylic acids is 6. The lowest BCUT2D eigenvalue weighted by Gasteiger charge is -2.14. The van der Waals surface area contributed by atoms with E-state index in [-0.39, 0.29) is 52.8 Å². The number of cyclic esters (lactones) is 2. The lowest BCUT2D eigenvalue weighted by Crippen LogP contribution is -2.27. The van der Waals surface area contributed by atoms with E-state index < -0.39 is 35.7 Å². The lowest BCUT2D eigenvalue weighted by atomic mass is 10.1. The number of anilines is 2. The fourth-order valence-electron chi connectivity index (χ4n) is 5.89. The molecule has 2 heterocycles. The van der Waals surface area contributed by atoms with Gasteiger partial charge in [0.2, 0.25) is 0 Å². The molecule has 276 valence electrons. The average molecular weight is 747 g/mol. The van der Waals surface area contributed by atoms with E-state index in [4.69, 9.17) is 18.9 Å². The molecule has 2 aliphatic heterocycles. The lowest BCUT2D eigenvalue weighted by molar-refractivity contribution is -0.118. The number of nitrogens with one attached hydrogen (secondary N) is 2. The standard InChI is InChI=1S/C44H30N2O10/c47-39(45-35-20-10-8-18-32(35)41(49)53-24-22-37-28-14-4-6-16-30(28)43(51)55-37)34(26-27-12-2-1-3-13-27)40(48)46-36-21-11-9-19-33(36)42(50)54-25-23-38-29-15-5-7-17-31(29)44(52)56-38/h1-23,26H,24-25H2,(H,45,47)(H,46,48). The van der Waals surface area contributed by atoms with E-state index in [1.54, 1.807) is 103 Å². The number of amides is 2. The van der Waals surface area contributed by atoms with Crippen LogP contribution in [0.5, 0.6) is 0 Å². The Morgan fingerprint density at radius 2 is 0.893 bits per heavy atom. The van der Waals surface area contributed by atoms with Crippen LogP contribution in [0, 0.1) is 0 Å². The van der Waals surface area contributed by atoms with Gasteiger partial charge < -0.3 is 29.6 Å². The van der Waals surface area contributed by atoms with Crippen LogP contribution < -0.4 is 10.6 Å². The highest BCUT2D eigenvalue weighted by Gasteiger charge is 2.28. The molecule has 0 spiro atoms. The zero-order chi connectivity index (χ0) is 39.0. The monoisotopic (exact) mass is 746 g/mol. The highest BCUT2D eigenvalue weighted by atomic mass is 16.6. The summed E-state index contributed by atoms with van der Waals surface area (Å²) in [6.45, 7) is -0.472. The predicted octanol–water partition coefficient (Wildman–Crippen LogP) is 7.08. The van der Waals surface area contributed by atoms with Crippen LogP contribution in [0.2, 0.25) is 0 Å². The van der Waals surface area contributed by atoms with E-state index >= 15 is 0 Å². The topological polar surface area (TPSA) is 163 Å².